The van der Waals surface area contributed by atoms with Crippen LogP contribution in [0.1, 0.15) is 18.0 Å². The molecule has 0 spiro atoms. The molecule has 0 heterocycles. The summed E-state index contributed by atoms with van der Waals surface area (Å²) < 4.78 is 0. The van der Waals surface area contributed by atoms with Crippen molar-refractivity contribution in [1.29, 1.82) is 5.26 Å². The van der Waals surface area contributed by atoms with Gasteiger partial charge < -0.3 is 11.5 Å². The van der Waals surface area contributed by atoms with Gasteiger partial charge >= 0.3 is 0 Å². The summed E-state index contributed by atoms with van der Waals surface area (Å²) in [5, 5.41) is 9.19. The van der Waals surface area contributed by atoms with E-state index in [-0.39, 0.29) is 12.5 Å². The maximum Gasteiger partial charge on any atom is 0.0693 e. The first-order chi connectivity index (χ1) is 6.56. The minimum Gasteiger partial charge on any atom is -0.396 e. The van der Waals surface area contributed by atoms with Gasteiger partial charge in [-0.2, -0.15) is 5.26 Å². The van der Waals surface area contributed by atoms with Gasteiger partial charge in [0.25, 0.3) is 0 Å². The molecular weight excluding hydrogens is 221 g/mol. The summed E-state index contributed by atoms with van der Waals surface area (Å²) in [6, 6.07) is 4.86. The first-order valence-corrected chi connectivity index (χ1v) is 4.68. The smallest absolute Gasteiger partial charge is 0.0693 e. The lowest BCUT2D eigenvalue weighted by atomic mass is 10.1. The Labute approximate surface area is 92.2 Å². The summed E-state index contributed by atoms with van der Waals surface area (Å²) in [5.74, 6) is 0. The van der Waals surface area contributed by atoms with Gasteiger partial charge in [-0.3, -0.25) is 0 Å². The molecule has 1 atom stereocenters. The highest BCUT2D eigenvalue weighted by Gasteiger charge is 2.10. The summed E-state index contributed by atoms with van der Waals surface area (Å²) in [4.78, 5) is 0. The zero-order valence-corrected chi connectivity index (χ0v) is 8.81. The topological polar surface area (TPSA) is 75.8 Å². The minimum atomic E-state index is -0.379. The van der Waals surface area contributed by atoms with Gasteiger partial charge in [0.15, 0.2) is 0 Å². The maximum atomic E-state index is 8.47. The van der Waals surface area contributed by atoms with Crippen LogP contribution >= 0.6 is 23.2 Å². The van der Waals surface area contributed by atoms with E-state index in [0.717, 1.165) is 5.56 Å². The Kier molecular flexibility index (Phi) is 3.59. The summed E-state index contributed by atoms with van der Waals surface area (Å²) in [5.41, 5.74) is 12.3. The van der Waals surface area contributed by atoms with Gasteiger partial charge in [-0.05, 0) is 17.7 Å². The fourth-order valence-electron chi connectivity index (χ4n) is 1.03. The van der Waals surface area contributed by atoms with Crippen LogP contribution in [0, 0.1) is 11.3 Å². The van der Waals surface area contributed by atoms with Crippen LogP contribution in [0.2, 0.25) is 10.0 Å². The third-order valence-electron chi connectivity index (χ3n) is 1.84. The lowest BCUT2D eigenvalue weighted by molar-refractivity contribution is 0.749. The molecule has 5 heteroatoms. The fraction of sp³-hybridized carbons (Fsp3) is 0.222. The zero-order valence-electron chi connectivity index (χ0n) is 7.30. The molecule has 0 aliphatic rings. The van der Waals surface area contributed by atoms with Crippen molar-refractivity contribution in [2.75, 3.05) is 5.73 Å². The standard InChI is InChI=1S/C9H9Cl2N3/c10-6-3-5(8(13)1-2-12)4-7(11)9(6)14/h3-4,8H,1,13-14H2/t8-/m0/s1. The van der Waals surface area contributed by atoms with Crippen molar-refractivity contribution in [3.8, 4) is 6.07 Å². The van der Waals surface area contributed by atoms with E-state index in [4.69, 9.17) is 39.9 Å². The molecule has 0 fully saturated rings. The van der Waals surface area contributed by atoms with Gasteiger partial charge in [-0.15, -0.1) is 0 Å². The van der Waals surface area contributed by atoms with Crippen LogP contribution in [-0.4, -0.2) is 0 Å². The summed E-state index contributed by atoms with van der Waals surface area (Å²) >= 11 is 11.6. The van der Waals surface area contributed by atoms with E-state index in [1.54, 1.807) is 12.1 Å². The van der Waals surface area contributed by atoms with Gasteiger partial charge in [0.1, 0.15) is 0 Å². The van der Waals surface area contributed by atoms with Crippen LogP contribution in [-0.2, 0) is 0 Å². The first kappa shape index (κ1) is 11.1. The van der Waals surface area contributed by atoms with E-state index in [1.165, 1.54) is 0 Å². The molecule has 1 aromatic carbocycles. The molecule has 3 nitrogen and oxygen atoms in total. The quantitative estimate of drug-likeness (QED) is 0.766. The number of rotatable bonds is 2. The van der Waals surface area contributed by atoms with Crippen molar-refractivity contribution in [3.05, 3.63) is 27.7 Å². The Morgan fingerprint density at radius 3 is 2.29 bits per heavy atom. The first-order valence-electron chi connectivity index (χ1n) is 3.93. The van der Waals surface area contributed by atoms with Crippen LogP contribution in [0.4, 0.5) is 5.69 Å². The Bertz CT molecular complexity index is 361. The van der Waals surface area contributed by atoms with Crippen LogP contribution in [0.3, 0.4) is 0 Å². The zero-order chi connectivity index (χ0) is 10.7. The molecule has 0 amide bonds. The molecule has 14 heavy (non-hydrogen) atoms. The van der Waals surface area contributed by atoms with E-state index in [1.807, 2.05) is 6.07 Å². The lowest BCUT2D eigenvalue weighted by Crippen LogP contribution is -2.09. The number of benzene rings is 1. The highest BCUT2D eigenvalue weighted by atomic mass is 35.5. The molecule has 0 saturated carbocycles. The predicted octanol–water partition coefficient (Wildman–Crippen LogP) is 2.49. The average Bonchev–Trinajstić information content (AvgIpc) is 2.13. The molecule has 0 aliphatic heterocycles. The summed E-state index contributed by atoms with van der Waals surface area (Å²) in [6.45, 7) is 0. The lowest BCUT2D eigenvalue weighted by Gasteiger charge is -2.10. The minimum absolute atomic E-state index is 0.219. The molecule has 0 aliphatic carbocycles. The van der Waals surface area contributed by atoms with Gasteiger partial charge in [0.2, 0.25) is 0 Å². The largest absolute Gasteiger partial charge is 0.396 e. The molecule has 1 rings (SSSR count). The molecule has 74 valence electrons. The Hall–Kier alpha value is -0.950. The number of hydrogen-bond acceptors (Lipinski definition) is 3. The van der Waals surface area contributed by atoms with Gasteiger partial charge in [0.05, 0.1) is 28.2 Å². The molecule has 0 saturated heterocycles. The van der Waals surface area contributed by atoms with Crippen molar-refractivity contribution in [2.45, 2.75) is 12.5 Å². The van der Waals surface area contributed by atoms with E-state index >= 15 is 0 Å². The third kappa shape index (κ3) is 2.30. The second kappa shape index (κ2) is 4.52. The second-order valence-electron chi connectivity index (χ2n) is 2.87. The van der Waals surface area contributed by atoms with Crippen LogP contribution < -0.4 is 11.5 Å². The molecule has 1 aromatic rings. The third-order valence-corrected chi connectivity index (χ3v) is 2.47. The number of nitrogen functional groups attached to an aromatic ring is 1. The molecule has 0 radical (unpaired) electrons. The van der Waals surface area contributed by atoms with Gasteiger partial charge in [-0.1, -0.05) is 23.2 Å². The Balaban J connectivity index is 3.07. The fourth-order valence-corrected chi connectivity index (χ4v) is 1.54. The Morgan fingerprint density at radius 2 is 1.86 bits per heavy atom. The summed E-state index contributed by atoms with van der Waals surface area (Å²) in [7, 11) is 0. The number of anilines is 1. The van der Waals surface area contributed by atoms with Crippen molar-refractivity contribution in [3.63, 3.8) is 0 Å². The number of nitriles is 1. The van der Waals surface area contributed by atoms with Crippen molar-refractivity contribution in [2.24, 2.45) is 5.73 Å². The van der Waals surface area contributed by atoms with Crippen molar-refractivity contribution in [1.82, 2.24) is 0 Å². The molecule has 0 bridgehead atoms. The number of nitrogens with two attached hydrogens (primary N) is 2. The molecule has 4 N–H and O–H groups in total. The van der Waals surface area contributed by atoms with Crippen LogP contribution in [0.5, 0.6) is 0 Å². The number of halogens is 2. The van der Waals surface area contributed by atoms with Gasteiger partial charge in [0, 0.05) is 6.04 Å². The van der Waals surface area contributed by atoms with E-state index in [9.17, 15) is 0 Å². The highest BCUT2D eigenvalue weighted by Crippen LogP contribution is 2.31. The van der Waals surface area contributed by atoms with Gasteiger partial charge in [-0.25, -0.2) is 0 Å². The van der Waals surface area contributed by atoms with Crippen LogP contribution in [0.15, 0.2) is 12.1 Å². The predicted molar refractivity (Wildman–Crippen MR) is 58.0 cm³/mol. The van der Waals surface area contributed by atoms with Crippen molar-refractivity contribution >= 4 is 28.9 Å². The number of hydrogen-bond donors (Lipinski definition) is 2. The van der Waals surface area contributed by atoms with E-state index in [2.05, 4.69) is 0 Å². The second-order valence-corrected chi connectivity index (χ2v) is 3.68. The molecule has 0 unspecified atom stereocenters. The monoisotopic (exact) mass is 229 g/mol. The van der Waals surface area contributed by atoms with Crippen molar-refractivity contribution < 1.29 is 0 Å². The normalized spacial score (nSPS) is 12.1. The van der Waals surface area contributed by atoms with Crippen LogP contribution in [0.25, 0.3) is 0 Å². The molecular formula is C9H9Cl2N3. The Morgan fingerprint density at radius 1 is 1.36 bits per heavy atom. The highest BCUT2D eigenvalue weighted by molar-refractivity contribution is 6.38. The molecule has 0 aromatic heterocycles. The maximum absolute atomic E-state index is 8.47. The average molecular weight is 230 g/mol. The SMILES string of the molecule is N#CC[C@H](N)c1cc(Cl)c(N)c(Cl)c1. The number of nitrogens with zero attached hydrogens (tertiary/aromatic N) is 1. The summed E-state index contributed by atoms with van der Waals surface area (Å²) in [6.07, 6.45) is 0.219. The van der Waals surface area contributed by atoms with E-state index < -0.39 is 0 Å². The van der Waals surface area contributed by atoms with E-state index in [0.29, 0.717) is 15.7 Å².